The van der Waals surface area contributed by atoms with Crippen LogP contribution in [0.1, 0.15) is 5.56 Å². The lowest BCUT2D eigenvalue weighted by Crippen LogP contribution is -2.29. The van der Waals surface area contributed by atoms with Crippen molar-refractivity contribution in [3.63, 3.8) is 0 Å². The maximum Gasteiger partial charge on any atom is 0.154 e. The molecular weight excluding hydrogens is 212 g/mol. The Hall–Kier alpha value is -1.87. The zero-order valence-corrected chi connectivity index (χ0v) is 9.68. The van der Waals surface area contributed by atoms with Gasteiger partial charge in [-0.25, -0.2) is 0 Å². The van der Waals surface area contributed by atoms with Gasteiger partial charge in [-0.2, -0.15) is 0 Å². The largest absolute Gasteiger partial charge is 0.474 e. The van der Waals surface area contributed by atoms with E-state index in [0.29, 0.717) is 0 Å². The Balaban J connectivity index is 2.07. The van der Waals surface area contributed by atoms with Gasteiger partial charge in [-0.1, -0.05) is 24.3 Å². The van der Waals surface area contributed by atoms with Crippen molar-refractivity contribution in [1.29, 1.82) is 0 Å². The minimum atomic E-state index is 0.0859. The molecule has 17 heavy (non-hydrogen) atoms. The van der Waals surface area contributed by atoms with Crippen molar-refractivity contribution in [2.24, 2.45) is 0 Å². The molecule has 3 nitrogen and oxygen atoms in total. The lowest BCUT2D eigenvalue weighted by atomic mass is 10.0. The van der Waals surface area contributed by atoms with E-state index in [2.05, 4.69) is 34.6 Å². The Kier molecular flexibility index (Phi) is 2.53. The van der Waals surface area contributed by atoms with E-state index in [1.54, 1.807) is 6.20 Å². The molecule has 3 rings (SSSR count). The molecule has 0 aliphatic carbocycles. The number of rotatable bonds is 2. The van der Waals surface area contributed by atoms with Gasteiger partial charge in [-0.15, -0.1) is 0 Å². The standard InChI is InChI=1S/C14H14N2O/c1-15-13-8-10-4-2-6-12(14(10)17-13)11-5-3-7-16-9-11/h2-7,9,13,15H,8H2,1H3. The van der Waals surface area contributed by atoms with Crippen LogP contribution in [-0.2, 0) is 6.42 Å². The number of hydrogen-bond acceptors (Lipinski definition) is 3. The molecule has 1 aliphatic rings. The van der Waals surface area contributed by atoms with Crippen molar-refractivity contribution in [1.82, 2.24) is 10.3 Å². The summed E-state index contributed by atoms with van der Waals surface area (Å²) >= 11 is 0. The third-order valence-electron chi connectivity index (χ3n) is 3.06. The first kappa shape index (κ1) is 10.3. The highest BCUT2D eigenvalue weighted by atomic mass is 16.5. The second kappa shape index (κ2) is 4.18. The summed E-state index contributed by atoms with van der Waals surface area (Å²) in [4.78, 5) is 4.15. The van der Waals surface area contributed by atoms with Crippen LogP contribution in [0.4, 0.5) is 0 Å². The normalized spacial score (nSPS) is 17.6. The molecule has 2 heterocycles. The monoisotopic (exact) mass is 226 g/mol. The van der Waals surface area contributed by atoms with Crippen LogP contribution in [0.25, 0.3) is 11.1 Å². The van der Waals surface area contributed by atoms with E-state index in [4.69, 9.17) is 4.74 Å². The van der Waals surface area contributed by atoms with Crippen LogP contribution in [-0.4, -0.2) is 18.3 Å². The summed E-state index contributed by atoms with van der Waals surface area (Å²) in [7, 11) is 1.92. The molecule has 0 fully saturated rings. The number of pyridine rings is 1. The summed E-state index contributed by atoms with van der Waals surface area (Å²) in [6.45, 7) is 0. The van der Waals surface area contributed by atoms with E-state index in [9.17, 15) is 0 Å². The van der Waals surface area contributed by atoms with Crippen LogP contribution in [0.15, 0.2) is 42.7 Å². The first-order chi connectivity index (χ1) is 8.38. The van der Waals surface area contributed by atoms with Crippen molar-refractivity contribution < 1.29 is 4.74 Å². The summed E-state index contributed by atoms with van der Waals surface area (Å²) in [5, 5.41) is 3.15. The van der Waals surface area contributed by atoms with Crippen molar-refractivity contribution in [2.45, 2.75) is 12.6 Å². The number of aromatic nitrogens is 1. The fourth-order valence-electron chi connectivity index (χ4n) is 2.18. The van der Waals surface area contributed by atoms with Gasteiger partial charge in [0.15, 0.2) is 6.23 Å². The number of nitrogens with one attached hydrogen (secondary N) is 1. The third-order valence-corrected chi connectivity index (χ3v) is 3.06. The molecule has 0 saturated carbocycles. The fraction of sp³-hybridized carbons (Fsp3) is 0.214. The number of para-hydroxylation sites is 1. The molecule has 1 aromatic heterocycles. The predicted molar refractivity (Wildman–Crippen MR) is 66.9 cm³/mol. The minimum absolute atomic E-state index is 0.0859. The quantitative estimate of drug-likeness (QED) is 0.852. The highest BCUT2D eigenvalue weighted by molar-refractivity contribution is 5.72. The Bertz CT molecular complexity index is 525. The Morgan fingerprint density at radius 1 is 1.29 bits per heavy atom. The van der Waals surface area contributed by atoms with E-state index >= 15 is 0 Å². The number of likely N-dealkylation sites (N-methyl/N-ethyl adjacent to an activating group) is 1. The summed E-state index contributed by atoms with van der Waals surface area (Å²) in [5.74, 6) is 0.986. The van der Waals surface area contributed by atoms with Crippen LogP contribution in [0.5, 0.6) is 5.75 Å². The van der Waals surface area contributed by atoms with Crippen molar-refractivity contribution in [2.75, 3.05) is 7.05 Å². The first-order valence-corrected chi connectivity index (χ1v) is 5.74. The van der Waals surface area contributed by atoms with Gasteiger partial charge in [0.1, 0.15) is 5.75 Å². The molecule has 2 aromatic rings. The predicted octanol–water partition coefficient (Wildman–Crippen LogP) is 2.23. The lowest BCUT2D eigenvalue weighted by molar-refractivity contribution is 0.204. The van der Waals surface area contributed by atoms with E-state index in [-0.39, 0.29) is 6.23 Å². The minimum Gasteiger partial charge on any atom is -0.474 e. The van der Waals surface area contributed by atoms with E-state index in [0.717, 1.165) is 23.3 Å². The van der Waals surface area contributed by atoms with Gasteiger partial charge in [-0.05, 0) is 18.7 Å². The van der Waals surface area contributed by atoms with Crippen LogP contribution >= 0.6 is 0 Å². The first-order valence-electron chi connectivity index (χ1n) is 5.74. The second-order valence-corrected chi connectivity index (χ2v) is 4.13. The molecule has 0 bridgehead atoms. The van der Waals surface area contributed by atoms with Gasteiger partial charge in [-0.3, -0.25) is 10.3 Å². The summed E-state index contributed by atoms with van der Waals surface area (Å²) in [5.41, 5.74) is 3.47. The Morgan fingerprint density at radius 3 is 3.00 bits per heavy atom. The highest BCUT2D eigenvalue weighted by Crippen LogP contribution is 2.37. The molecule has 0 amide bonds. The highest BCUT2D eigenvalue weighted by Gasteiger charge is 2.24. The van der Waals surface area contributed by atoms with E-state index in [1.165, 1.54) is 5.56 Å². The number of ether oxygens (including phenoxy) is 1. The number of nitrogens with zero attached hydrogens (tertiary/aromatic N) is 1. The zero-order chi connectivity index (χ0) is 11.7. The topological polar surface area (TPSA) is 34.2 Å². The number of fused-ring (bicyclic) bond motifs is 1. The smallest absolute Gasteiger partial charge is 0.154 e. The van der Waals surface area contributed by atoms with E-state index < -0.39 is 0 Å². The van der Waals surface area contributed by atoms with Crippen molar-refractivity contribution in [3.8, 4) is 16.9 Å². The molecule has 0 spiro atoms. The molecule has 1 aliphatic heterocycles. The van der Waals surface area contributed by atoms with Crippen LogP contribution < -0.4 is 10.1 Å². The number of hydrogen-bond donors (Lipinski definition) is 1. The summed E-state index contributed by atoms with van der Waals surface area (Å²) in [6.07, 6.45) is 4.65. The van der Waals surface area contributed by atoms with Gasteiger partial charge in [0.05, 0.1) is 0 Å². The van der Waals surface area contributed by atoms with Gasteiger partial charge in [0.2, 0.25) is 0 Å². The Morgan fingerprint density at radius 2 is 2.24 bits per heavy atom. The summed E-state index contributed by atoms with van der Waals surface area (Å²) < 4.78 is 5.90. The summed E-state index contributed by atoms with van der Waals surface area (Å²) in [6, 6.07) is 10.3. The molecular formula is C14H14N2O. The van der Waals surface area contributed by atoms with E-state index in [1.807, 2.05) is 19.3 Å². The third kappa shape index (κ3) is 1.78. The average molecular weight is 226 g/mol. The van der Waals surface area contributed by atoms with Crippen LogP contribution in [0.2, 0.25) is 0 Å². The molecule has 1 atom stereocenters. The van der Waals surface area contributed by atoms with Gasteiger partial charge in [0.25, 0.3) is 0 Å². The Labute approximate surface area is 100 Å². The maximum atomic E-state index is 5.90. The zero-order valence-electron chi connectivity index (χ0n) is 9.68. The molecule has 86 valence electrons. The van der Waals surface area contributed by atoms with Crippen LogP contribution in [0.3, 0.4) is 0 Å². The van der Waals surface area contributed by atoms with Gasteiger partial charge < -0.3 is 4.74 Å². The molecule has 3 heteroatoms. The molecule has 0 radical (unpaired) electrons. The second-order valence-electron chi connectivity index (χ2n) is 4.13. The van der Waals surface area contributed by atoms with Gasteiger partial charge >= 0.3 is 0 Å². The fourth-order valence-corrected chi connectivity index (χ4v) is 2.18. The van der Waals surface area contributed by atoms with Crippen molar-refractivity contribution in [3.05, 3.63) is 48.3 Å². The molecule has 1 N–H and O–H groups in total. The molecule has 0 saturated heterocycles. The van der Waals surface area contributed by atoms with Crippen molar-refractivity contribution >= 4 is 0 Å². The van der Waals surface area contributed by atoms with Gasteiger partial charge in [0, 0.05) is 29.9 Å². The van der Waals surface area contributed by atoms with Crippen LogP contribution in [0, 0.1) is 0 Å². The average Bonchev–Trinajstić information content (AvgIpc) is 2.82. The molecule has 1 unspecified atom stereocenters. The number of benzene rings is 1. The SMILES string of the molecule is CNC1Cc2cccc(-c3cccnc3)c2O1. The lowest BCUT2D eigenvalue weighted by Gasteiger charge is -2.11. The molecule has 1 aromatic carbocycles. The maximum absolute atomic E-state index is 5.90.